The number of benzene rings is 1. The third-order valence-electron chi connectivity index (χ3n) is 4.97. The standard InChI is InChI=1S/C20H28N4O4S2/c1-15-6-7-17(30(26,27)21-8-11-28-2)12-18(15)19(25)23-20-22-16(14-29-20)13-24-9-4-3-5-10-24/h6-7,12,14,21H,3-5,8-11,13H2,1-2H3,(H,22,23,25). The van der Waals surface area contributed by atoms with E-state index in [9.17, 15) is 13.2 Å². The third-order valence-corrected chi connectivity index (χ3v) is 7.23. The van der Waals surface area contributed by atoms with Gasteiger partial charge in [0.15, 0.2) is 5.13 Å². The molecule has 164 valence electrons. The van der Waals surface area contributed by atoms with Crippen LogP contribution in [-0.2, 0) is 21.3 Å². The molecule has 1 aromatic heterocycles. The number of thiazole rings is 1. The summed E-state index contributed by atoms with van der Waals surface area (Å²) >= 11 is 1.38. The first kappa shape index (κ1) is 22.8. The fourth-order valence-corrected chi connectivity index (χ4v) is 5.06. The van der Waals surface area contributed by atoms with Crippen molar-refractivity contribution in [2.24, 2.45) is 0 Å². The van der Waals surface area contributed by atoms with Gasteiger partial charge in [0.1, 0.15) is 0 Å². The predicted molar refractivity (Wildman–Crippen MR) is 117 cm³/mol. The smallest absolute Gasteiger partial charge is 0.257 e. The first-order chi connectivity index (χ1) is 14.4. The number of rotatable bonds is 9. The molecule has 2 heterocycles. The number of ether oxygens (including phenoxy) is 1. The average molecular weight is 453 g/mol. The summed E-state index contributed by atoms with van der Waals surface area (Å²) in [5.74, 6) is -0.375. The summed E-state index contributed by atoms with van der Waals surface area (Å²) in [6.45, 7) is 5.14. The van der Waals surface area contributed by atoms with E-state index in [2.05, 4.69) is 19.9 Å². The summed E-state index contributed by atoms with van der Waals surface area (Å²) in [7, 11) is -2.22. The van der Waals surface area contributed by atoms with Gasteiger partial charge in [-0.05, 0) is 50.6 Å². The molecular weight excluding hydrogens is 424 g/mol. The predicted octanol–water partition coefficient (Wildman–Crippen LogP) is 2.61. The van der Waals surface area contributed by atoms with Crippen LogP contribution in [0.15, 0.2) is 28.5 Å². The van der Waals surface area contributed by atoms with Gasteiger partial charge in [-0.25, -0.2) is 18.1 Å². The van der Waals surface area contributed by atoms with Gasteiger partial charge in [0, 0.05) is 31.1 Å². The fourth-order valence-electron chi connectivity index (χ4n) is 3.32. The van der Waals surface area contributed by atoms with Crippen LogP contribution in [0, 0.1) is 6.92 Å². The van der Waals surface area contributed by atoms with Crippen LogP contribution < -0.4 is 10.0 Å². The van der Waals surface area contributed by atoms with E-state index in [-0.39, 0.29) is 24.0 Å². The first-order valence-electron chi connectivity index (χ1n) is 9.96. The number of aryl methyl sites for hydroxylation is 1. The zero-order valence-electron chi connectivity index (χ0n) is 17.3. The van der Waals surface area contributed by atoms with E-state index in [4.69, 9.17) is 4.74 Å². The van der Waals surface area contributed by atoms with Crippen LogP contribution in [0.1, 0.15) is 40.9 Å². The Morgan fingerprint density at radius 2 is 2.03 bits per heavy atom. The molecular formula is C20H28N4O4S2. The SMILES string of the molecule is COCCNS(=O)(=O)c1ccc(C)c(C(=O)Nc2nc(CN3CCCCC3)cs2)c1. The second-order valence-electron chi connectivity index (χ2n) is 7.30. The number of amides is 1. The fraction of sp³-hybridized carbons (Fsp3) is 0.500. The lowest BCUT2D eigenvalue weighted by atomic mass is 10.1. The molecule has 30 heavy (non-hydrogen) atoms. The van der Waals surface area contributed by atoms with E-state index in [1.807, 2.05) is 5.38 Å². The Labute approximate surface area is 181 Å². The topological polar surface area (TPSA) is 101 Å². The Morgan fingerprint density at radius 1 is 1.27 bits per heavy atom. The molecule has 3 rings (SSSR count). The maximum Gasteiger partial charge on any atom is 0.257 e. The summed E-state index contributed by atoms with van der Waals surface area (Å²) in [6, 6.07) is 4.51. The van der Waals surface area contributed by atoms with Gasteiger partial charge in [0.25, 0.3) is 5.91 Å². The van der Waals surface area contributed by atoms with Gasteiger partial charge >= 0.3 is 0 Å². The number of anilines is 1. The van der Waals surface area contributed by atoms with E-state index in [1.54, 1.807) is 13.0 Å². The number of carbonyl (C=O) groups excluding carboxylic acids is 1. The zero-order chi connectivity index (χ0) is 21.6. The van der Waals surface area contributed by atoms with Crippen molar-refractivity contribution in [3.63, 3.8) is 0 Å². The van der Waals surface area contributed by atoms with Crippen LogP contribution >= 0.6 is 11.3 Å². The number of hydrogen-bond donors (Lipinski definition) is 2. The molecule has 0 unspecified atom stereocenters. The molecule has 1 aliphatic rings. The minimum Gasteiger partial charge on any atom is -0.383 e. The Kier molecular flexibility index (Phi) is 7.95. The molecule has 1 fully saturated rings. The van der Waals surface area contributed by atoms with Crippen molar-refractivity contribution < 1.29 is 17.9 Å². The molecule has 1 aliphatic heterocycles. The van der Waals surface area contributed by atoms with Crippen LogP contribution in [0.2, 0.25) is 0 Å². The second kappa shape index (κ2) is 10.5. The highest BCUT2D eigenvalue weighted by Gasteiger charge is 2.19. The highest BCUT2D eigenvalue weighted by atomic mass is 32.2. The zero-order valence-corrected chi connectivity index (χ0v) is 18.9. The summed E-state index contributed by atoms with van der Waals surface area (Å²) in [5.41, 5.74) is 1.93. The number of aromatic nitrogens is 1. The van der Waals surface area contributed by atoms with Crippen LogP contribution in [0.5, 0.6) is 0 Å². The number of hydrogen-bond acceptors (Lipinski definition) is 7. The van der Waals surface area contributed by atoms with Gasteiger partial charge in [-0.1, -0.05) is 12.5 Å². The van der Waals surface area contributed by atoms with Crippen molar-refractivity contribution in [2.75, 3.05) is 38.7 Å². The number of methoxy groups -OCH3 is 1. The molecule has 1 amide bonds. The molecule has 0 atom stereocenters. The van der Waals surface area contributed by atoms with E-state index < -0.39 is 10.0 Å². The van der Waals surface area contributed by atoms with Gasteiger partial charge in [-0.15, -0.1) is 11.3 Å². The highest BCUT2D eigenvalue weighted by molar-refractivity contribution is 7.89. The van der Waals surface area contributed by atoms with Crippen LogP contribution in [0.25, 0.3) is 0 Å². The lowest BCUT2D eigenvalue weighted by Crippen LogP contribution is -2.29. The molecule has 8 nitrogen and oxygen atoms in total. The van der Waals surface area contributed by atoms with Gasteiger partial charge in [-0.2, -0.15) is 0 Å². The Bertz CT molecular complexity index is 969. The summed E-state index contributed by atoms with van der Waals surface area (Å²) < 4.78 is 32.2. The number of nitrogens with zero attached hydrogens (tertiary/aromatic N) is 2. The lowest BCUT2D eigenvalue weighted by Gasteiger charge is -2.25. The normalized spacial score (nSPS) is 15.3. The monoisotopic (exact) mass is 452 g/mol. The summed E-state index contributed by atoms with van der Waals surface area (Å²) in [6.07, 6.45) is 3.71. The number of sulfonamides is 1. The van der Waals surface area contributed by atoms with Crippen molar-refractivity contribution in [1.29, 1.82) is 0 Å². The molecule has 1 aromatic carbocycles. The molecule has 0 bridgehead atoms. The van der Waals surface area contributed by atoms with Gasteiger partial charge in [0.2, 0.25) is 10.0 Å². The molecule has 0 spiro atoms. The highest BCUT2D eigenvalue weighted by Crippen LogP contribution is 2.21. The van der Waals surface area contributed by atoms with E-state index >= 15 is 0 Å². The van der Waals surface area contributed by atoms with Crippen molar-refractivity contribution in [1.82, 2.24) is 14.6 Å². The molecule has 0 aliphatic carbocycles. The average Bonchev–Trinajstić information content (AvgIpc) is 3.15. The molecule has 0 radical (unpaired) electrons. The third kappa shape index (κ3) is 6.08. The number of likely N-dealkylation sites (tertiary alicyclic amines) is 1. The van der Waals surface area contributed by atoms with Crippen molar-refractivity contribution in [3.8, 4) is 0 Å². The molecule has 1 saturated heterocycles. The van der Waals surface area contributed by atoms with Crippen molar-refractivity contribution in [3.05, 3.63) is 40.4 Å². The minimum absolute atomic E-state index is 0.0410. The van der Waals surface area contributed by atoms with Crippen LogP contribution in [-0.4, -0.2) is 57.6 Å². The number of piperidine rings is 1. The van der Waals surface area contributed by atoms with Crippen LogP contribution in [0.4, 0.5) is 5.13 Å². The van der Waals surface area contributed by atoms with Gasteiger partial charge < -0.3 is 4.74 Å². The van der Waals surface area contributed by atoms with Crippen molar-refractivity contribution in [2.45, 2.75) is 37.6 Å². The minimum atomic E-state index is -3.72. The second-order valence-corrected chi connectivity index (χ2v) is 9.93. The largest absolute Gasteiger partial charge is 0.383 e. The Morgan fingerprint density at radius 3 is 2.77 bits per heavy atom. The summed E-state index contributed by atoms with van der Waals surface area (Å²) in [5, 5.41) is 5.27. The maximum atomic E-state index is 12.8. The van der Waals surface area contributed by atoms with Gasteiger partial charge in [0.05, 0.1) is 17.2 Å². The molecule has 2 aromatic rings. The molecule has 0 saturated carbocycles. The van der Waals surface area contributed by atoms with Gasteiger partial charge in [-0.3, -0.25) is 15.0 Å². The molecule has 10 heteroatoms. The maximum absolute atomic E-state index is 12.8. The number of nitrogens with one attached hydrogen (secondary N) is 2. The first-order valence-corrected chi connectivity index (χ1v) is 12.3. The van der Waals surface area contributed by atoms with Crippen molar-refractivity contribution >= 4 is 32.4 Å². The summed E-state index contributed by atoms with van der Waals surface area (Å²) in [4.78, 5) is 19.7. The molecule has 2 N–H and O–H groups in total. The Hall–Kier alpha value is -1.85. The Balaban J connectivity index is 1.68. The van der Waals surface area contributed by atoms with Crippen LogP contribution in [0.3, 0.4) is 0 Å². The number of carbonyl (C=O) groups is 1. The quantitative estimate of drug-likeness (QED) is 0.567. The van der Waals surface area contributed by atoms with E-state index in [1.165, 1.54) is 49.8 Å². The van der Waals surface area contributed by atoms with E-state index in [0.717, 1.165) is 25.3 Å². The van der Waals surface area contributed by atoms with E-state index in [0.29, 0.717) is 16.3 Å². The lowest BCUT2D eigenvalue weighted by molar-refractivity contribution is 0.102.